The van der Waals surface area contributed by atoms with Crippen LogP contribution in [0.15, 0.2) is 35.5 Å². The van der Waals surface area contributed by atoms with Gasteiger partial charge in [0.25, 0.3) is 0 Å². The van der Waals surface area contributed by atoms with Crippen LogP contribution in [0.2, 0.25) is 5.02 Å². The SMILES string of the molecule is CN=C(C)c1c(-c2cccc(Cl)c2)c[nH]c1NC. The lowest BCUT2D eigenvalue weighted by molar-refractivity contribution is 1.34. The maximum Gasteiger partial charge on any atom is 0.112 e. The standard InChI is InChI=1S/C14H16ClN3/c1-9(16-2)13-12(8-18-14(13)17-3)10-5-4-6-11(15)7-10/h4-8,17-18H,1-3H3. The molecule has 94 valence electrons. The number of hydrogen-bond acceptors (Lipinski definition) is 2. The minimum atomic E-state index is 0.733. The number of hydrogen-bond donors (Lipinski definition) is 2. The Labute approximate surface area is 112 Å². The number of aromatic nitrogens is 1. The molecule has 2 N–H and O–H groups in total. The van der Waals surface area contributed by atoms with Crippen LogP contribution >= 0.6 is 11.6 Å². The molecule has 0 fully saturated rings. The molecule has 4 heteroatoms. The van der Waals surface area contributed by atoms with Gasteiger partial charge in [0, 0.05) is 42.2 Å². The zero-order chi connectivity index (χ0) is 13.1. The maximum atomic E-state index is 6.05. The molecule has 0 bridgehead atoms. The summed E-state index contributed by atoms with van der Waals surface area (Å²) in [6.07, 6.45) is 1.97. The summed E-state index contributed by atoms with van der Waals surface area (Å²) in [4.78, 5) is 7.49. The third-order valence-electron chi connectivity index (χ3n) is 2.96. The topological polar surface area (TPSA) is 40.2 Å². The van der Waals surface area contributed by atoms with Gasteiger partial charge < -0.3 is 10.3 Å². The van der Waals surface area contributed by atoms with Gasteiger partial charge >= 0.3 is 0 Å². The normalized spacial score (nSPS) is 11.7. The summed E-state index contributed by atoms with van der Waals surface area (Å²) in [5, 5.41) is 3.88. The van der Waals surface area contributed by atoms with Gasteiger partial charge in [-0.25, -0.2) is 0 Å². The van der Waals surface area contributed by atoms with Crippen LogP contribution < -0.4 is 5.32 Å². The van der Waals surface area contributed by atoms with Crippen LogP contribution in [0, 0.1) is 0 Å². The number of rotatable bonds is 3. The molecule has 1 aromatic carbocycles. The Bertz CT molecular complexity index is 584. The number of aliphatic imine (C=N–C) groups is 1. The number of benzene rings is 1. The lowest BCUT2D eigenvalue weighted by Gasteiger charge is -2.07. The van der Waals surface area contributed by atoms with Crippen molar-refractivity contribution in [1.82, 2.24) is 4.98 Å². The Morgan fingerprint density at radius 1 is 1.39 bits per heavy atom. The van der Waals surface area contributed by atoms with Crippen LogP contribution in [0.3, 0.4) is 0 Å². The second-order valence-corrected chi connectivity index (χ2v) is 4.46. The minimum absolute atomic E-state index is 0.733. The molecule has 2 aromatic rings. The first kappa shape index (κ1) is 12.7. The molecule has 0 atom stereocenters. The fourth-order valence-corrected chi connectivity index (χ4v) is 2.18. The monoisotopic (exact) mass is 261 g/mol. The number of anilines is 1. The molecule has 1 heterocycles. The van der Waals surface area contributed by atoms with E-state index in [-0.39, 0.29) is 0 Å². The summed E-state index contributed by atoms with van der Waals surface area (Å²) >= 11 is 6.05. The van der Waals surface area contributed by atoms with E-state index in [0.29, 0.717) is 0 Å². The largest absolute Gasteiger partial charge is 0.374 e. The van der Waals surface area contributed by atoms with Gasteiger partial charge in [0.2, 0.25) is 0 Å². The average Bonchev–Trinajstić information content (AvgIpc) is 2.81. The first-order chi connectivity index (χ1) is 8.67. The molecule has 18 heavy (non-hydrogen) atoms. The molecule has 1 aromatic heterocycles. The predicted molar refractivity (Wildman–Crippen MR) is 78.9 cm³/mol. The lowest BCUT2D eigenvalue weighted by Crippen LogP contribution is -2.00. The first-order valence-corrected chi connectivity index (χ1v) is 6.14. The zero-order valence-electron chi connectivity index (χ0n) is 10.7. The molecular weight excluding hydrogens is 246 g/mol. The Morgan fingerprint density at radius 2 is 2.17 bits per heavy atom. The van der Waals surface area contributed by atoms with Crippen molar-refractivity contribution in [1.29, 1.82) is 0 Å². The van der Waals surface area contributed by atoms with Crippen LogP contribution in [0.5, 0.6) is 0 Å². The van der Waals surface area contributed by atoms with Crippen molar-refractivity contribution in [3.05, 3.63) is 41.0 Å². The van der Waals surface area contributed by atoms with Crippen molar-refractivity contribution >= 4 is 23.1 Å². The summed E-state index contributed by atoms with van der Waals surface area (Å²) in [6, 6.07) is 7.82. The number of halogens is 1. The van der Waals surface area contributed by atoms with Gasteiger partial charge in [-0.15, -0.1) is 0 Å². The second-order valence-electron chi connectivity index (χ2n) is 4.02. The summed E-state index contributed by atoms with van der Waals surface area (Å²) in [7, 11) is 3.68. The van der Waals surface area contributed by atoms with Gasteiger partial charge in [0.05, 0.1) is 0 Å². The number of H-pyrrole nitrogens is 1. The second kappa shape index (κ2) is 5.27. The molecule has 0 spiro atoms. The van der Waals surface area contributed by atoms with Crippen molar-refractivity contribution in [3.63, 3.8) is 0 Å². The van der Waals surface area contributed by atoms with Crippen LogP contribution in [-0.4, -0.2) is 24.8 Å². The lowest BCUT2D eigenvalue weighted by atomic mass is 10.0. The van der Waals surface area contributed by atoms with E-state index >= 15 is 0 Å². The molecule has 0 aliphatic heterocycles. The van der Waals surface area contributed by atoms with Crippen molar-refractivity contribution in [2.24, 2.45) is 4.99 Å². The molecule has 0 amide bonds. The van der Waals surface area contributed by atoms with E-state index in [1.165, 1.54) is 0 Å². The summed E-state index contributed by atoms with van der Waals surface area (Å²) in [5.74, 6) is 0.966. The molecule has 3 nitrogen and oxygen atoms in total. The summed E-state index contributed by atoms with van der Waals surface area (Å²) < 4.78 is 0. The van der Waals surface area contributed by atoms with Crippen molar-refractivity contribution in [2.45, 2.75) is 6.92 Å². The molecule has 0 saturated carbocycles. The first-order valence-electron chi connectivity index (χ1n) is 5.76. The molecular formula is C14H16ClN3. The quantitative estimate of drug-likeness (QED) is 0.811. The Kier molecular flexibility index (Phi) is 3.72. The molecule has 0 aliphatic carbocycles. The Morgan fingerprint density at radius 3 is 2.78 bits per heavy atom. The van der Waals surface area contributed by atoms with E-state index in [4.69, 9.17) is 11.6 Å². The highest BCUT2D eigenvalue weighted by atomic mass is 35.5. The third kappa shape index (κ3) is 2.27. The van der Waals surface area contributed by atoms with Gasteiger partial charge in [0.15, 0.2) is 0 Å². The highest BCUT2D eigenvalue weighted by molar-refractivity contribution is 6.30. The van der Waals surface area contributed by atoms with Gasteiger partial charge in [-0.05, 0) is 24.6 Å². The van der Waals surface area contributed by atoms with Crippen LogP contribution in [0.1, 0.15) is 12.5 Å². The van der Waals surface area contributed by atoms with E-state index in [1.54, 1.807) is 7.05 Å². The minimum Gasteiger partial charge on any atom is -0.374 e. The highest BCUT2D eigenvalue weighted by Crippen LogP contribution is 2.31. The van der Waals surface area contributed by atoms with Crippen LogP contribution in [-0.2, 0) is 0 Å². The van der Waals surface area contributed by atoms with Crippen LogP contribution in [0.25, 0.3) is 11.1 Å². The molecule has 0 saturated heterocycles. The fourth-order valence-electron chi connectivity index (χ4n) is 1.99. The van der Waals surface area contributed by atoms with Crippen LogP contribution in [0.4, 0.5) is 5.82 Å². The molecule has 0 radical (unpaired) electrons. The summed E-state index contributed by atoms with van der Waals surface area (Å²) in [6.45, 7) is 2.00. The Hall–Kier alpha value is -1.74. The smallest absolute Gasteiger partial charge is 0.112 e. The summed E-state index contributed by atoms with van der Waals surface area (Å²) in [5.41, 5.74) is 4.25. The Balaban J connectivity index is 2.61. The highest BCUT2D eigenvalue weighted by Gasteiger charge is 2.14. The number of nitrogens with one attached hydrogen (secondary N) is 2. The van der Waals surface area contributed by atoms with E-state index < -0.39 is 0 Å². The van der Waals surface area contributed by atoms with Crippen molar-refractivity contribution in [3.8, 4) is 11.1 Å². The predicted octanol–water partition coefficient (Wildman–Crippen LogP) is 3.82. The molecule has 0 unspecified atom stereocenters. The maximum absolute atomic E-state index is 6.05. The van der Waals surface area contributed by atoms with Crippen molar-refractivity contribution < 1.29 is 0 Å². The zero-order valence-corrected chi connectivity index (χ0v) is 11.5. The average molecular weight is 262 g/mol. The van der Waals surface area contributed by atoms with E-state index in [2.05, 4.69) is 15.3 Å². The molecule has 0 aliphatic rings. The van der Waals surface area contributed by atoms with Gasteiger partial charge in [0.1, 0.15) is 5.82 Å². The fraction of sp³-hybridized carbons (Fsp3) is 0.214. The van der Waals surface area contributed by atoms with Gasteiger partial charge in [-0.1, -0.05) is 23.7 Å². The molecule has 2 rings (SSSR count). The van der Waals surface area contributed by atoms with E-state index in [0.717, 1.165) is 33.2 Å². The number of nitrogens with zero attached hydrogens (tertiary/aromatic N) is 1. The third-order valence-corrected chi connectivity index (χ3v) is 3.20. The van der Waals surface area contributed by atoms with E-state index in [9.17, 15) is 0 Å². The van der Waals surface area contributed by atoms with Gasteiger partial charge in [-0.2, -0.15) is 0 Å². The van der Waals surface area contributed by atoms with Gasteiger partial charge in [-0.3, -0.25) is 4.99 Å². The van der Waals surface area contributed by atoms with Crippen molar-refractivity contribution in [2.75, 3.05) is 19.4 Å². The number of aromatic amines is 1. The van der Waals surface area contributed by atoms with E-state index in [1.807, 2.05) is 44.4 Å².